The number of carbonyl (C=O) groups is 1. The number of halogens is 1. The number of ether oxygens (including phenoxy) is 1. The number of nitrogens with zero attached hydrogens (tertiary/aromatic N) is 2. The molecule has 1 heterocycles. The van der Waals surface area contributed by atoms with E-state index < -0.39 is 0 Å². The van der Waals surface area contributed by atoms with Crippen molar-refractivity contribution in [3.05, 3.63) is 77.8 Å². The number of morpholine rings is 1. The highest BCUT2D eigenvalue weighted by Crippen LogP contribution is 2.29. The van der Waals surface area contributed by atoms with Crippen molar-refractivity contribution in [2.24, 2.45) is 4.99 Å². The van der Waals surface area contributed by atoms with Crippen molar-refractivity contribution in [3.63, 3.8) is 0 Å². The first-order chi connectivity index (χ1) is 14.4. The Kier molecular flexibility index (Phi) is 6.95. The van der Waals surface area contributed by atoms with Crippen LogP contribution in [0.25, 0.3) is 16.7 Å². The molecule has 3 rings (SSSR count). The number of benzene rings is 2. The fourth-order valence-corrected chi connectivity index (χ4v) is 3.49. The van der Waals surface area contributed by atoms with E-state index in [0.29, 0.717) is 53.2 Å². The molecule has 1 aliphatic heterocycles. The molecule has 0 N–H and O–H groups in total. The lowest BCUT2D eigenvalue weighted by Gasteiger charge is -2.31. The minimum absolute atomic E-state index is 0.00621. The van der Waals surface area contributed by atoms with E-state index in [2.05, 4.69) is 11.6 Å². The van der Waals surface area contributed by atoms with Crippen LogP contribution in [0.15, 0.2) is 65.8 Å². The van der Waals surface area contributed by atoms with E-state index in [1.165, 1.54) is 6.07 Å². The van der Waals surface area contributed by atoms with Crippen molar-refractivity contribution in [1.29, 1.82) is 0 Å². The average molecular weight is 407 g/mol. The maximum atomic E-state index is 15.0. The Hall–Kier alpha value is -3.05. The topological polar surface area (TPSA) is 41.9 Å². The quantitative estimate of drug-likeness (QED) is 0.627. The highest BCUT2D eigenvalue weighted by atomic mass is 19.1. The van der Waals surface area contributed by atoms with Crippen LogP contribution in [-0.2, 0) is 4.74 Å². The molecule has 1 amide bonds. The lowest BCUT2D eigenvalue weighted by atomic mass is 9.95. The second-order valence-corrected chi connectivity index (χ2v) is 7.41. The summed E-state index contributed by atoms with van der Waals surface area (Å²) in [5, 5.41) is 0. The zero-order valence-electron chi connectivity index (χ0n) is 17.7. The first-order valence-corrected chi connectivity index (χ1v) is 10.1. The van der Waals surface area contributed by atoms with Gasteiger partial charge in [-0.2, -0.15) is 0 Å². The lowest BCUT2D eigenvalue weighted by molar-refractivity contribution is -0.0123. The molecule has 5 heteroatoms. The van der Waals surface area contributed by atoms with Gasteiger partial charge in [-0.05, 0) is 49.6 Å². The van der Waals surface area contributed by atoms with Gasteiger partial charge in [-0.25, -0.2) is 4.39 Å². The standard InChI is InChI=1S/C25H27FN2O2/c1-5-19(15-27-17(2)3)22-11-10-20(14-24(22)26)21-8-6-7-9-23(21)25(29)28-12-13-30-18(4)16-28/h5-11,14-15,18H,2,12-13,16H2,1,3-4H3/b19-5+,27-15?/t18-/m0/s1. The van der Waals surface area contributed by atoms with Crippen LogP contribution in [0.4, 0.5) is 4.39 Å². The molecular weight excluding hydrogens is 379 g/mol. The van der Waals surface area contributed by atoms with Crippen LogP contribution < -0.4 is 0 Å². The summed E-state index contributed by atoms with van der Waals surface area (Å²) in [5.74, 6) is -0.427. The molecule has 2 aromatic carbocycles. The van der Waals surface area contributed by atoms with E-state index in [9.17, 15) is 9.18 Å². The van der Waals surface area contributed by atoms with E-state index >= 15 is 0 Å². The fraction of sp³-hybridized carbons (Fsp3) is 0.280. The van der Waals surface area contributed by atoms with E-state index in [0.717, 1.165) is 0 Å². The predicted molar refractivity (Wildman–Crippen MR) is 120 cm³/mol. The van der Waals surface area contributed by atoms with Crippen LogP contribution in [0, 0.1) is 5.82 Å². The molecule has 1 aliphatic rings. The van der Waals surface area contributed by atoms with E-state index in [1.807, 2.05) is 44.2 Å². The molecule has 2 aromatic rings. The molecule has 30 heavy (non-hydrogen) atoms. The SMILES string of the molecule is C=C(C)N=C/C(=C\C)c1ccc(-c2ccccc2C(=O)N2CCO[C@@H](C)C2)cc1F. The largest absolute Gasteiger partial charge is 0.375 e. The third kappa shape index (κ3) is 4.92. The van der Waals surface area contributed by atoms with Gasteiger partial charge in [0.05, 0.1) is 12.7 Å². The molecule has 1 fully saturated rings. The van der Waals surface area contributed by atoms with Crippen LogP contribution in [-0.4, -0.2) is 42.8 Å². The molecule has 0 aromatic heterocycles. The Bertz CT molecular complexity index is 1010. The Morgan fingerprint density at radius 3 is 2.70 bits per heavy atom. The Morgan fingerprint density at radius 1 is 1.27 bits per heavy atom. The third-order valence-electron chi connectivity index (χ3n) is 5.01. The number of allylic oxidation sites excluding steroid dienone is 3. The van der Waals surface area contributed by atoms with Crippen molar-refractivity contribution in [2.75, 3.05) is 19.7 Å². The predicted octanol–water partition coefficient (Wildman–Crippen LogP) is 5.36. The Morgan fingerprint density at radius 2 is 2.03 bits per heavy atom. The summed E-state index contributed by atoms with van der Waals surface area (Å²) in [7, 11) is 0. The van der Waals surface area contributed by atoms with Gasteiger partial charge in [0.2, 0.25) is 0 Å². The zero-order chi connectivity index (χ0) is 21.7. The molecule has 0 radical (unpaired) electrons. The number of aliphatic imine (C=N–C) groups is 1. The summed E-state index contributed by atoms with van der Waals surface area (Å²) in [6.45, 7) is 10.9. The van der Waals surface area contributed by atoms with E-state index in [-0.39, 0.29) is 17.8 Å². The molecule has 4 nitrogen and oxygen atoms in total. The van der Waals surface area contributed by atoms with Gasteiger partial charge < -0.3 is 9.64 Å². The van der Waals surface area contributed by atoms with Crippen molar-refractivity contribution >= 4 is 17.7 Å². The van der Waals surface area contributed by atoms with Gasteiger partial charge in [0, 0.05) is 36.1 Å². The summed E-state index contributed by atoms with van der Waals surface area (Å²) >= 11 is 0. The molecule has 1 atom stereocenters. The van der Waals surface area contributed by atoms with Gasteiger partial charge in [-0.15, -0.1) is 0 Å². The van der Waals surface area contributed by atoms with Gasteiger partial charge in [-0.3, -0.25) is 9.79 Å². The molecule has 0 spiro atoms. The van der Waals surface area contributed by atoms with Crippen LogP contribution in [0.1, 0.15) is 36.7 Å². The third-order valence-corrected chi connectivity index (χ3v) is 5.01. The fourth-order valence-electron chi connectivity index (χ4n) is 3.49. The summed E-state index contributed by atoms with van der Waals surface area (Å²) in [4.78, 5) is 19.1. The summed E-state index contributed by atoms with van der Waals surface area (Å²) in [6.07, 6.45) is 3.42. The highest BCUT2D eigenvalue weighted by molar-refractivity contribution is 6.10. The van der Waals surface area contributed by atoms with Gasteiger partial charge in [-0.1, -0.05) is 43.0 Å². The number of rotatable bonds is 5. The normalized spacial score (nSPS) is 17.4. The van der Waals surface area contributed by atoms with E-state index in [4.69, 9.17) is 4.74 Å². The number of carbonyl (C=O) groups excluding carboxylic acids is 1. The number of hydrogen-bond acceptors (Lipinski definition) is 3. The van der Waals surface area contributed by atoms with Crippen molar-refractivity contribution < 1.29 is 13.9 Å². The molecule has 0 bridgehead atoms. The van der Waals surface area contributed by atoms with Gasteiger partial charge in [0.15, 0.2) is 0 Å². The van der Waals surface area contributed by atoms with Crippen molar-refractivity contribution in [2.45, 2.75) is 26.9 Å². The highest BCUT2D eigenvalue weighted by Gasteiger charge is 2.24. The average Bonchev–Trinajstić information content (AvgIpc) is 2.74. The van der Waals surface area contributed by atoms with E-state index in [1.54, 1.807) is 30.2 Å². The molecular formula is C25H27FN2O2. The zero-order valence-corrected chi connectivity index (χ0v) is 17.7. The van der Waals surface area contributed by atoms with Crippen LogP contribution >= 0.6 is 0 Å². The van der Waals surface area contributed by atoms with Crippen molar-refractivity contribution in [1.82, 2.24) is 4.90 Å². The Labute approximate surface area is 177 Å². The summed E-state index contributed by atoms with van der Waals surface area (Å²) in [5.41, 5.74) is 3.72. The van der Waals surface area contributed by atoms with Crippen molar-refractivity contribution in [3.8, 4) is 11.1 Å². The first-order valence-electron chi connectivity index (χ1n) is 10.1. The van der Waals surface area contributed by atoms with Gasteiger partial charge in [0.1, 0.15) is 5.82 Å². The van der Waals surface area contributed by atoms with Crippen LogP contribution in [0.3, 0.4) is 0 Å². The molecule has 0 aliphatic carbocycles. The monoisotopic (exact) mass is 406 g/mol. The smallest absolute Gasteiger partial charge is 0.254 e. The molecule has 156 valence electrons. The first kappa shape index (κ1) is 21.7. The molecule has 0 unspecified atom stereocenters. The lowest BCUT2D eigenvalue weighted by Crippen LogP contribution is -2.44. The second-order valence-electron chi connectivity index (χ2n) is 7.41. The minimum Gasteiger partial charge on any atom is -0.375 e. The minimum atomic E-state index is -0.365. The van der Waals surface area contributed by atoms with Gasteiger partial charge >= 0.3 is 0 Å². The maximum absolute atomic E-state index is 15.0. The summed E-state index contributed by atoms with van der Waals surface area (Å²) in [6, 6.07) is 12.4. The number of hydrogen-bond donors (Lipinski definition) is 0. The molecule has 1 saturated heterocycles. The maximum Gasteiger partial charge on any atom is 0.254 e. The summed E-state index contributed by atoms with van der Waals surface area (Å²) < 4.78 is 20.5. The Balaban J connectivity index is 1.95. The second kappa shape index (κ2) is 9.63. The van der Waals surface area contributed by atoms with Gasteiger partial charge in [0.25, 0.3) is 5.91 Å². The number of amides is 1. The van der Waals surface area contributed by atoms with Crippen LogP contribution in [0.5, 0.6) is 0 Å². The molecule has 0 saturated carbocycles. The van der Waals surface area contributed by atoms with Crippen LogP contribution in [0.2, 0.25) is 0 Å².